The highest BCUT2D eigenvalue weighted by atomic mass is 16.5. The van der Waals surface area contributed by atoms with Gasteiger partial charge in [-0.1, -0.05) is 50.2 Å². The van der Waals surface area contributed by atoms with Gasteiger partial charge in [-0.2, -0.15) is 5.10 Å². The van der Waals surface area contributed by atoms with E-state index < -0.39 is 0 Å². The third kappa shape index (κ3) is 6.57. The van der Waals surface area contributed by atoms with Gasteiger partial charge >= 0.3 is 0 Å². The van der Waals surface area contributed by atoms with Gasteiger partial charge in [0.1, 0.15) is 11.9 Å². The smallest absolute Gasteiger partial charge is 0.119 e. The van der Waals surface area contributed by atoms with Crippen molar-refractivity contribution in [3.8, 4) is 17.0 Å². The van der Waals surface area contributed by atoms with Crippen LogP contribution < -0.4 is 10.1 Å². The second-order valence-corrected chi connectivity index (χ2v) is 11.4. The van der Waals surface area contributed by atoms with Crippen molar-refractivity contribution in [2.24, 2.45) is 0 Å². The number of nitrogens with one attached hydrogen (secondary N) is 2. The standard InChI is InChI=1S/C34H44N4O2/c1-4-34(5-2,28-9-7-6-8-10-28)24-35-22-26-11-16-32-31(21-26)33(37-36-32)27-12-14-29(15-13-27)40-30-17-19-38(20-18-30)23-25(3)39/h6-16,21,25,30,35,39H,4-5,17-20,22-24H2,1-3H3,(H,36,37). The maximum atomic E-state index is 9.63. The second-order valence-electron chi connectivity index (χ2n) is 11.4. The molecule has 0 amide bonds. The van der Waals surface area contributed by atoms with Crippen LogP contribution in [-0.4, -0.2) is 58.6 Å². The third-order valence-electron chi connectivity index (χ3n) is 8.65. The Labute approximate surface area is 238 Å². The highest BCUT2D eigenvalue weighted by Gasteiger charge is 2.27. The Kier molecular flexibility index (Phi) is 9.20. The fourth-order valence-corrected chi connectivity index (χ4v) is 6.11. The zero-order valence-electron chi connectivity index (χ0n) is 24.2. The van der Waals surface area contributed by atoms with Crippen LogP contribution >= 0.6 is 0 Å². The monoisotopic (exact) mass is 540 g/mol. The number of ether oxygens (including phenoxy) is 1. The van der Waals surface area contributed by atoms with E-state index in [2.05, 4.69) is 107 Å². The van der Waals surface area contributed by atoms with Crippen LogP contribution in [0.4, 0.5) is 0 Å². The van der Waals surface area contributed by atoms with Gasteiger partial charge in [-0.15, -0.1) is 0 Å². The van der Waals surface area contributed by atoms with Gasteiger partial charge in [0.2, 0.25) is 0 Å². The summed E-state index contributed by atoms with van der Waals surface area (Å²) in [4.78, 5) is 2.31. The van der Waals surface area contributed by atoms with Gasteiger partial charge < -0.3 is 20.1 Å². The molecular weight excluding hydrogens is 496 g/mol. The maximum absolute atomic E-state index is 9.63. The molecule has 6 heteroatoms. The van der Waals surface area contributed by atoms with Crippen LogP contribution in [0.5, 0.6) is 5.75 Å². The Balaban J connectivity index is 1.22. The number of hydrogen-bond donors (Lipinski definition) is 3. The van der Waals surface area contributed by atoms with Crippen molar-refractivity contribution in [1.29, 1.82) is 0 Å². The molecule has 4 aromatic rings. The zero-order valence-corrected chi connectivity index (χ0v) is 24.2. The largest absolute Gasteiger partial charge is 0.490 e. The van der Waals surface area contributed by atoms with Gasteiger partial charge in [-0.3, -0.25) is 5.10 Å². The molecule has 5 rings (SSSR count). The molecule has 3 N–H and O–H groups in total. The first-order chi connectivity index (χ1) is 19.5. The summed E-state index contributed by atoms with van der Waals surface area (Å²) in [6, 6.07) is 25.8. The number of hydrogen-bond acceptors (Lipinski definition) is 5. The summed E-state index contributed by atoms with van der Waals surface area (Å²) in [5, 5.41) is 22.4. The first kappa shape index (κ1) is 28.3. The number of H-pyrrole nitrogens is 1. The van der Waals surface area contributed by atoms with Crippen molar-refractivity contribution < 1.29 is 9.84 Å². The number of β-amino-alcohol motifs (C(OH)–C–C–N with tert-alkyl or cyclic N) is 1. The number of aliphatic hydroxyl groups excluding tert-OH is 1. The van der Waals surface area contributed by atoms with Crippen molar-refractivity contribution in [1.82, 2.24) is 20.4 Å². The summed E-state index contributed by atoms with van der Waals surface area (Å²) in [6.45, 7) is 10.9. The van der Waals surface area contributed by atoms with Crippen LogP contribution in [0, 0.1) is 0 Å². The van der Waals surface area contributed by atoms with E-state index in [0.717, 1.165) is 86.3 Å². The number of rotatable bonds is 12. The molecule has 0 saturated carbocycles. The number of aliphatic hydroxyl groups is 1. The number of aromatic nitrogens is 2. The van der Waals surface area contributed by atoms with E-state index in [1.165, 1.54) is 11.1 Å². The lowest BCUT2D eigenvalue weighted by Crippen LogP contribution is -2.41. The summed E-state index contributed by atoms with van der Waals surface area (Å²) in [5.41, 5.74) is 5.90. The van der Waals surface area contributed by atoms with E-state index in [-0.39, 0.29) is 17.6 Å². The first-order valence-electron chi connectivity index (χ1n) is 14.9. The minimum atomic E-state index is -0.281. The molecule has 1 unspecified atom stereocenters. The predicted molar refractivity (Wildman–Crippen MR) is 164 cm³/mol. The van der Waals surface area contributed by atoms with Crippen molar-refractivity contribution in [2.45, 2.75) is 70.6 Å². The number of benzene rings is 3. The lowest BCUT2D eigenvalue weighted by atomic mass is 9.76. The Bertz CT molecular complexity index is 1340. The highest BCUT2D eigenvalue weighted by Crippen LogP contribution is 2.32. The molecule has 0 bridgehead atoms. The SMILES string of the molecule is CCC(CC)(CNCc1ccc2[nH]nc(-c3ccc(OC4CCN(CC(C)O)CC4)cc3)c2c1)c1ccccc1. The molecule has 6 nitrogen and oxygen atoms in total. The van der Waals surface area contributed by atoms with Crippen LogP contribution in [0.15, 0.2) is 72.8 Å². The van der Waals surface area contributed by atoms with E-state index in [0.29, 0.717) is 0 Å². The summed E-state index contributed by atoms with van der Waals surface area (Å²) >= 11 is 0. The van der Waals surface area contributed by atoms with Gasteiger partial charge in [-0.25, -0.2) is 0 Å². The number of nitrogens with zero attached hydrogens (tertiary/aromatic N) is 2. The van der Waals surface area contributed by atoms with Crippen LogP contribution in [0.3, 0.4) is 0 Å². The van der Waals surface area contributed by atoms with Gasteiger partial charge in [0, 0.05) is 49.1 Å². The molecule has 40 heavy (non-hydrogen) atoms. The normalized spacial score (nSPS) is 15.9. The van der Waals surface area contributed by atoms with Crippen molar-refractivity contribution in [3.05, 3.63) is 83.9 Å². The Hall–Kier alpha value is -3.19. The lowest BCUT2D eigenvalue weighted by molar-refractivity contribution is 0.0673. The van der Waals surface area contributed by atoms with E-state index >= 15 is 0 Å². The van der Waals surface area contributed by atoms with E-state index in [1.54, 1.807) is 0 Å². The van der Waals surface area contributed by atoms with E-state index in [4.69, 9.17) is 4.74 Å². The second kappa shape index (κ2) is 13.0. The molecular formula is C34H44N4O2. The predicted octanol–water partition coefficient (Wildman–Crippen LogP) is 6.30. The summed E-state index contributed by atoms with van der Waals surface area (Å²) in [6.07, 6.45) is 4.12. The molecule has 1 atom stereocenters. The average Bonchev–Trinajstić information content (AvgIpc) is 3.40. The Morgan fingerprint density at radius 3 is 2.42 bits per heavy atom. The average molecular weight is 541 g/mol. The maximum Gasteiger partial charge on any atom is 0.119 e. The van der Waals surface area contributed by atoms with Crippen molar-refractivity contribution in [3.63, 3.8) is 0 Å². The molecule has 0 spiro atoms. The molecule has 1 aliphatic heterocycles. The summed E-state index contributed by atoms with van der Waals surface area (Å²) < 4.78 is 6.28. The van der Waals surface area contributed by atoms with Crippen LogP contribution in [0.2, 0.25) is 0 Å². The molecule has 0 aliphatic carbocycles. The topological polar surface area (TPSA) is 73.4 Å². The fraction of sp³-hybridized carbons (Fsp3) is 0.441. The van der Waals surface area contributed by atoms with Gasteiger partial charge in [-0.05, 0) is 80.1 Å². The third-order valence-corrected chi connectivity index (χ3v) is 8.65. The number of aromatic amines is 1. The molecule has 1 aromatic heterocycles. The fourth-order valence-electron chi connectivity index (χ4n) is 6.11. The molecule has 3 aromatic carbocycles. The summed E-state index contributed by atoms with van der Waals surface area (Å²) in [5.74, 6) is 0.899. The number of likely N-dealkylation sites (tertiary alicyclic amines) is 1. The van der Waals surface area contributed by atoms with Gasteiger partial charge in [0.05, 0.1) is 17.3 Å². The van der Waals surface area contributed by atoms with E-state index in [1.807, 2.05) is 6.92 Å². The molecule has 2 heterocycles. The van der Waals surface area contributed by atoms with Crippen molar-refractivity contribution >= 4 is 10.9 Å². The molecule has 1 saturated heterocycles. The minimum Gasteiger partial charge on any atom is -0.490 e. The van der Waals surface area contributed by atoms with Crippen LogP contribution in [-0.2, 0) is 12.0 Å². The van der Waals surface area contributed by atoms with E-state index in [9.17, 15) is 5.11 Å². The van der Waals surface area contributed by atoms with Gasteiger partial charge in [0.15, 0.2) is 0 Å². The highest BCUT2D eigenvalue weighted by molar-refractivity contribution is 5.93. The minimum absolute atomic E-state index is 0.144. The lowest BCUT2D eigenvalue weighted by Gasteiger charge is -2.33. The van der Waals surface area contributed by atoms with Crippen LogP contribution in [0.1, 0.15) is 57.6 Å². The van der Waals surface area contributed by atoms with Gasteiger partial charge in [0.25, 0.3) is 0 Å². The quantitative estimate of drug-likeness (QED) is 0.197. The Morgan fingerprint density at radius 1 is 1.02 bits per heavy atom. The van der Waals surface area contributed by atoms with Crippen LogP contribution in [0.25, 0.3) is 22.2 Å². The molecule has 1 fully saturated rings. The number of fused-ring (bicyclic) bond motifs is 1. The molecule has 1 aliphatic rings. The number of piperidine rings is 1. The Morgan fingerprint density at radius 2 is 1.75 bits per heavy atom. The first-order valence-corrected chi connectivity index (χ1v) is 14.9. The molecule has 212 valence electrons. The summed E-state index contributed by atoms with van der Waals surface area (Å²) in [7, 11) is 0. The zero-order chi connectivity index (χ0) is 28.0. The molecule has 0 radical (unpaired) electrons. The van der Waals surface area contributed by atoms with Crippen molar-refractivity contribution in [2.75, 3.05) is 26.2 Å².